The third kappa shape index (κ3) is 3.69. The average Bonchev–Trinajstić information content (AvgIpc) is 2.81. The summed E-state index contributed by atoms with van der Waals surface area (Å²) in [5.41, 5.74) is 14.7. The van der Waals surface area contributed by atoms with Gasteiger partial charge in [-0.25, -0.2) is 0 Å². The van der Waals surface area contributed by atoms with Gasteiger partial charge in [0.2, 0.25) is 0 Å². The molecule has 0 bridgehead atoms. The topological polar surface area (TPSA) is 0 Å². The molecule has 0 amide bonds. The zero-order valence-electron chi connectivity index (χ0n) is 26.0. The summed E-state index contributed by atoms with van der Waals surface area (Å²) >= 11 is 0. The van der Waals surface area contributed by atoms with E-state index < -0.39 is 0 Å². The number of aryl methyl sites for hydroxylation is 1. The average molecular weight is 509 g/mol. The first-order valence-corrected chi connectivity index (χ1v) is 14.9. The number of fused-ring (bicyclic) bond motifs is 3. The Morgan fingerprint density at radius 3 is 2.24 bits per heavy atom. The molecular weight excluding hydrogens is 456 g/mol. The van der Waals surface area contributed by atoms with E-state index in [9.17, 15) is 0 Å². The lowest BCUT2D eigenvalue weighted by molar-refractivity contribution is -0.0405. The van der Waals surface area contributed by atoms with E-state index in [1.54, 1.807) is 0 Å². The van der Waals surface area contributed by atoms with Crippen molar-refractivity contribution in [3.63, 3.8) is 0 Å². The summed E-state index contributed by atoms with van der Waals surface area (Å²) in [6.07, 6.45) is 7.11. The van der Waals surface area contributed by atoms with E-state index >= 15 is 0 Å². The molecule has 0 nitrogen and oxygen atoms in total. The van der Waals surface area contributed by atoms with Gasteiger partial charge in [-0.05, 0) is 110 Å². The van der Waals surface area contributed by atoms with Gasteiger partial charge in [0.25, 0.3) is 0 Å². The van der Waals surface area contributed by atoms with Crippen molar-refractivity contribution in [3.05, 3.63) is 100 Å². The fourth-order valence-corrected chi connectivity index (χ4v) is 9.56. The molecule has 3 aliphatic carbocycles. The number of rotatable bonds is 7. The summed E-state index contributed by atoms with van der Waals surface area (Å²) in [5, 5.41) is 0. The maximum atomic E-state index is 4.89. The minimum Gasteiger partial charge on any atom is -0.100 e. The number of hydrogen-bond donors (Lipinski definition) is 0. The van der Waals surface area contributed by atoms with Gasteiger partial charge in [-0.3, -0.25) is 0 Å². The first kappa shape index (κ1) is 28.7. The molecule has 0 heterocycles. The van der Waals surface area contributed by atoms with Crippen LogP contribution in [0.25, 0.3) is 5.57 Å². The van der Waals surface area contributed by atoms with Gasteiger partial charge in [0.1, 0.15) is 0 Å². The Kier molecular flexibility index (Phi) is 7.31. The minimum absolute atomic E-state index is 0.0129. The third-order valence-corrected chi connectivity index (χ3v) is 11.3. The molecule has 0 unspecified atom stereocenters. The quantitative estimate of drug-likeness (QED) is 0.254. The number of hydrogen-bond acceptors (Lipinski definition) is 0. The Labute approximate surface area is 234 Å². The Morgan fingerprint density at radius 2 is 1.66 bits per heavy atom. The molecule has 3 aliphatic rings. The molecule has 0 spiro atoms. The summed E-state index contributed by atoms with van der Waals surface area (Å²) < 4.78 is 0. The van der Waals surface area contributed by atoms with Crippen molar-refractivity contribution < 1.29 is 0 Å². The maximum Gasteiger partial charge on any atom is 0.0197 e. The van der Waals surface area contributed by atoms with E-state index in [1.807, 2.05) is 0 Å². The molecule has 204 valence electrons. The largest absolute Gasteiger partial charge is 0.100 e. The molecule has 5 atom stereocenters. The molecule has 1 aromatic carbocycles. The standard InChI is InChI=1S/C38H52/c1-14-15-16-20-31-30-19-17-18-25(6)34(30)27(8)35-29(10)38(13)28(9)33(24(4)5)26(7)22-36(38,11)32(21-23(2)3)37(31,35)12/h17-19,31-32H,2,4,8-9,14-16,20-22H2,1,3,5-7,10-13H3/t31-,32+,36+,37-,38-/m1/s1. The summed E-state index contributed by atoms with van der Waals surface area (Å²) in [6.45, 7) is 40.0. The van der Waals surface area contributed by atoms with Crippen molar-refractivity contribution in [1.29, 1.82) is 0 Å². The summed E-state index contributed by atoms with van der Waals surface area (Å²) in [5.74, 6) is 0.886. The Morgan fingerprint density at radius 1 is 1.00 bits per heavy atom. The van der Waals surface area contributed by atoms with Crippen molar-refractivity contribution in [1.82, 2.24) is 0 Å². The maximum absolute atomic E-state index is 4.89. The van der Waals surface area contributed by atoms with E-state index in [2.05, 4.69) is 93.7 Å². The highest BCUT2D eigenvalue weighted by atomic mass is 14.7. The van der Waals surface area contributed by atoms with Crippen molar-refractivity contribution in [2.24, 2.45) is 22.2 Å². The van der Waals surface area contributed by atoms with E-state index in [-0.39, 0.29) is 16.2 Å². The highest BCUT2D eigenvalue weighted by Crippen LogP contribution is 2.75. The zero-order valence-corrected chi connectivity index (χ0v) is 26.0. The summed E-state index contributed by atoms with van der Waals surface area (Å²) in [4.78, 5) is 0. The van der Waals surface area contributed by atoms with Crippen LogP contribution >= 0.6 is 0 Å². The van der Waals surface area contributed by atoms with Crippen LogP contribution in [0.3, 0.4) is 0 Å². The molecule has 0 aromatic heterocycles. The van der Waals surface area contributed by atoms with Crippen LogP contribution in [0, 0.1) is 29.1 Å². The second-order valence-corrected chi connectivity index (χ2v) is 13.7. The molecule has 0 radical (unpaired) electrons. The van der Waals surface area contributed by atoms with Gasteiger partial charge in [-0.2, -0.15) is 0 Å². The molecule has 0 fully saturated rings. The second-order valence-electron chi connectivity index (χ2n) is 13.7. The van der Waals surface area contributed by atoms with Gasteiger partial charge < -0.3 is 0 Å². The van der Waals surface area contributed by atoms with Crippen LogP contribution in [-0.2, 0) is 0 Å². The van der Waals surface area contributed by atoms with Crippen molar-refractivity contribution in [2.45, 2.75) is 107 Å². The first-order chi connectivity index (χ1) is 17.7. The summed E-state index contributed by atoms with van der Waals surface area (Å²) in [7, 11) is 0. The van der Waals surface area contributed by atoms with Crippen LogP contribution in [0.5, 0.6) is 0 Å². The molecule has 0 N–H and O–H groups in total. The molecule has 0 heteroatoms. The van der Waals surface area contributed by atoms with Crippen LogP contribution in [0.4, 0.5) is 0 Å². The van der Waals surface area contributed by atoms with Gasteiger partial charge in [0.15, 0.2) is 0 Å². The molecule has 1 aromatic rings. The Hall–Kier alpha value is -2.34. The predicted octanol–water partition coefficient (Wildman–Crippen LogP) is 11.5. The number of allylic oxidation sites excluding steroid dienone is 8. The molecule has 4 rings (SSSR count). The van der Waals surface area contributed by atoms with Gasteiger partial charge in [-0.1, -0.05) is 107 Å². The van der Waals surface area contributed by atoms with E-state index in [0.29, 0.717) is 11.8 Å². The third-order valence-electron chi connectivity index (χ3n) is 11.3. The molecule has 0 saturated heterocycles. The lowest BCUT2D eigenvalue weighted by Gasteiger charge is -2.68. The first-order valence-electron chi connectivity index (χ1n) is 14.9. The molecule has 0 aliphatic heterocycles. The van der Waals surface area contributed by atoms with Crippen LogP contribution < -0.4 is 0 Å². The van der Waals surface area contributed by atoms with Gasteiger partial charge in [-0.15, -0.1) is 6.58 Å². The number of unbranched alkanes of at least 4 members (excludes halogenated alkanes) is 2. The van der Waals surface area contributed by atoms with E-state index in [0.717, 1.165) is 18.4 Å². The van der Waals surface area contributed by atoms with Crippen LogP contribution in [0.2, 0.25) is 0 Å². The van der Waals surface area contributed by atoms with Crippen LogP contribution in [0.1, 0.15) is 117 Å². The lowest BCUT2D eigenvalue weighted by atomic mass is 9.35. The number of benzene rings is 1. The highest BCUT2D eigenvalue weighted by Gasteiger charge is 2.66. The van der Waals surface area contributed by atoms with E-state index in [1.165, 1.54) is 81.4 Å². The zero-order chi connectivity index (χ0) is 28.4. The molecular formula is C38H52. The predicted molar refractivity (Wildman–Crippen MR) is 168 cm³/mol. The normalized spacial score (nSPS) is 32.7. The van der Waals surface area contributed by atoms with Gasteiger partial charge in [0.05, 0.1) is 0 Å². The second kappa shape index (κ2) is 9.69. The van der Waals surface area contributed by atoms with Crippen molar-refractivity contribution >= 4 is 5.57 Å². The fraction of sp³-hybridized carbons (Fsp3) is 0.526. The van der Waals surface area contributed by atoms with Gasteiger partial charge in [0, 0.05) is 10.8 Å². The van der Waals surface area contributed by atoms with Crippen LogP contribution in [-0.4, -0.2) is 0 Å². The highest BCUT2D eigenvalue weighted by molar-refractivity contribution is 5.87. The minimum atomic E-state index is -0.174. The Bertz CT molecular complexity index is 1290. The van der Waals surface area contributed by atoms with Gasteiger partial charge >= 0.3 is 0 Å². The lowest BCUT2D eigenvalue weighted by Crippen LogP contribution is -2.59. The Balaban J connectivity index is 2.14. The molecule has 38 heavy (non-hydrogen) atoms. The van der Waals surface area contributed by atoms with E-state index in [4.69, 9.17) is 13.2 Å². The van der Waals surface area contributed by atoms with Crippen molar-refractivity contribution in [3.8, 4) is 0 Å². The monoisotopic (exact) mass is 508 g/mol. The summed E-state index contributed by atoms with van der Waals surface area (Å²) in [6, 6.07) is 6.96. The van der Waals surface area contributed by atoms with Crippen LogP contribution in [0.15, 0.2) is 83.5 Å². The van der Waals surface area contributed by atoms with Crippen molar-refractivity contribution in [2.75, 3.05) is 0 Å². The smallest absolute Gasteiger partial charge is 0.0197 e. The fourth-order valence-electron chi connectivity index (χ4n) is 9.56. The SMILES string of the molecule is C=C(C)C[C@@H]1[C@]2(C)C(=C(C)[C@@]3(C)C(=C)C(C(=C)C)=C(C)C[C@@]13C)C(=C)c1c(C)cccc1[C@H]2CCCCC. The molecule has 0 saturated carbocycles.